The largest absolute Gasteiger partial charge is 0.493 e. The third kappa shape index (κ3) is 5.48. The van der Waals surface area contributed by atoms with Gasteiger partial charge in [0.25, 0.3) is 5.91 Å². The van der Waals surface area contributed by atoms with Crippen LogP contribution >= 0.6 is 12.2 Å². The maximum Gasteiger partial charge on any atom is 0.262 e. The maximum absolute atomic E-state index is 12.3. The lowest BCUT2D eigenvalue weighted by molar-refractivity contribution is -0.118. The Labute approximate surface area is 178 Å². The first-order valence-electron chi connectivity index (χ1n) is 10.1. The van der Waals surface area contributed by atoms with Crippen molar-refractivity contribution in [3.05, 3.63) is 53.6 Å². The van der Waals surface area contributed by atoms with Crippen molar-refractivity contribution in [1.29, 1.82) is 0 Å². The highest BCUT2D eigenvalue weighted by molar-refractivity contribution is 7.80. The number of nitrogens with zero attached hydrogens (tertiary/aromatic N) is 1. The fourth-order valence-corrected chi connectivity index (χ4v) is 3.79. The Kier molecular flexibility index (Phi) is 7.47. The van der Waals surface area contributed by atoms with E-state index in [-0.39, 0.29) is 12.5 Å². The SMILES string of the molecule is CCc1ccccc1NC(=O)COc1ccc(C(=S)N2CCCCC2)cc1OC. The normalized spacial score (nSPS) is 13.7. The lowest BCUT2D eigenvalue weighted by Crippen LogP contribution is -2.34. The molecule has 0 saturated carbocycles. The molecule has 0 atom stereocenters. The molecule has 1 N–H and O–H groups in total. The van der Waals surface area contributed by atoms with Crippen LogP contribution in [-0.2, 0) is 11.2 Å². The molecule has 0 unspecified atom stereocenters. The van der Waals surface area contributed by atoms with Gasteiger partial charge in [-0.15, -0.1) is 0 Å². The number of hydrogen-bond acceptors (Lipinski definition) is 4. The summed E-state index contributed by atoms with van der Waals surface area (Å²) in [4.78, 5) is 15.4. The highest BCUT2D eigenvalue weighted by Gasteiger charge is 2.17. The lowest BCUT2D eigenvalue weighted by atomic mass is 10.1. The molecule has 2 aromatic rings. The minimum atomic E-state index is -0.208. The molecule has 1 aliphatic rings. The first-order chi connectivity index (χ1) is 14.1. The fraction of sp³-hybridized carbons (Fsp3) is 0.391. The van der Waals surface area contributed by atoms with Crippen molar-refractivity contribution in [3.8, 4) is 11.5 Å². The number of methoxy groups -OCH3 is 1. The third-order valence-corrected chi connectivity index (χ3v) is 5.58. The fourth-order valence-electron chi connectivity index (χ4n) is 3.48. The van der Waals surface area contributed by atoms with Gasteiger partial charge in [-0.2, -0.15) is 0 Å². The maximum atomic E-state index is 12.3. The number of amides is 1. The first kappa shape index (κ1) is 21.1. The summed E-state index contributed by atoms with van der Waals surface area (Å²) in [7, 11) is 1.59. The Morgan fingerprint density at radius 2 is 1.86 bits per heavy atom. The van der Waals surface area contributed by atoms with E-state index in [9.17, 15) is 4.79 Å². The molecule has 0 aromatic heterocycles. The summed E-state index contributed by atoms with van der Waals surface area (Å²) in [6.07, 6.45) is 4.47. The molecule has 1 fully saturated rings. The number of rotatable bonds is 7. The van der Waals surface area contributed by atoms with E-state index in [2.05, 4.69) is 17.1 Å². The van der Waals surface area contributed by atoms with Crippen LogP contribution in [0.1, 0.15) is 37.3 Å². The molecule has 154 valence electrons. The number of likely N-dealkylation sites (tertiary alicyclic amines) is 1. The zero-order valence-electron chi connectivity index (χ0n) is 17.1. The van der Waals surface area contributed by atoms with E-state index in [4.69, 9.17) is 21.7 Å². The topological polar surface area (TPSA) is 50.8 Å². The van der Waals surface area contributed by atoms with Gasteiger partial charge in [0.05, 0.1) is 7.11 Å². The molecule has 2 aromatic carbocycles. The summed E-state index contributed by atoms with van der Waals surface area (Å²) in [5, 5.41) is 2.91. The second-order valence-electron chi connectivity index (χ2n) is 7.07. The Bertz CT molecular complexity index is 863. The summed E-state index contributed by atoms with van der Waals surface area (Å²) >= 11 is 5.66. The predicted octanol–water partition coefficient (Wildman–Crippen LogP) is 4.44. The summed E-state index contributed by atoms with van der Waals surface area (Å²) in [6.45, 7) is 3.96. The van der Waals surface area contributed by atoms with E-state index < -0.39 is 0 Å². The van der Waals surface area contributed by atoms with Crippen LogP contribution in [0.3, 0.4) is 0 Å². The summed E-state index contributed by atoms with van der Waals surface area (Å²) in [6, 6.07) is 13.4. The molecule has 0 radical (unpaired) electrons. The number of piperidine rings is 1. The average Bonchev–Trinajstić information content (AvgIpc) is 2.78. The third-order valence-electron chi connectivity index (χ3n) is 5.08. The molecule has 1 aliphatic heterocycles. The molecular formula is C23H28N2O3S. The average molecular weight is 413 g/mol. The van der Waals surface area contributed by atoms with Crippen LogP contribution in [0.4, 0.5) is 5.69 Å². The van der Waals surface area contributed by atoms with Crippen molar-refractivity contribution in [2.24, 2.45) is 0 Å². The highest BCUT2D eigenvalue weighted by Crippen LogP contribution is 2.29. The van der Waals surface area contributed by atoms with Crippen LogP contribution in [0.2, 0.25) is 0 Å². The second-order valence-corrected chi connectivity index (χ2v) is 7.45. The van der Waals surface area contributed by atoms with E-state index in [0.717, 1.165) is 41.3 Å². The number of ether oxygens (including phenoxy) is 2. The lowest BCUT2D eigenvalue weighted by Gasteiger charge is -2.29. The quantitative estimate of drug-likeness (QED) is 0.682. The summed E-state index contributed by atoms with van der Waals surface area (Å²) < 4.78 is 11.2. The van der Waals surface area contributed by atoms with E-state index >= 15 is 0 Å². The van der Waals surface area contributed by atoms with E-state index in [1.54, 1.807) is 7.11 Å². The van der Waals surface area contributed by atoms with Gasteiger partial charge >= 0.3 is 0 Å². The molecule has 1 heterocycles. The Morgan fingerprint density at radius 1 is 1.10 bits per heavy atom. The first-order valence-corrected chi connectivity index (χ1v) is 10.5. The molecule has 1 amide bonds. The van der Waals surface area contributed by atoms with Gasteiger partial charge in [-0.05, 0) is 55.5 Å². The molecule has 0 spiro atoms. The number of anilines is 1. The standard InChI is InChI=1S/C23H28N2O3S/c1-3-17-9-5-6-10-19(17)24-22(26)16-28-20-12-11-18(15-21(20)27-2)23(29)25-13-7-4-8-14-25/h5-6,9-12,15H,3-4,7-8,13-14,16H2,1-2H3,(H,24,26). The van der Waals surface area contributed by atoms with Crippen LogP contribution in [0.25, 0.3) is 0 Å². The number of carbonyl (C=O) groups is 1. The van der Waals surface area contributed by atoms with Crippen LogP contribution < -0.4 is 14.8 Å². The van der Waals surface area contributed by atoms with Crippen molar-refractivity contribution in [1.82, 2.24) is 4.90 Å². The number of nitrogens with one attached hydrogen (secondary N) is 1. The van der Waals surface area contributed by atoms with Gasteiger partial charge in [0.2, 0.25) is 0 Å². The molecule has 5 nitrogen and oxygen atoms in total. The Morgan fingerprint density at radius 3 is 2.59 bits per heavy atom. The van der Waals surface area contributed by atoms with Crippen LogP contribution in [-0.4, -0.2) is 42.6 Å². The number of hydrogen-bond donors (Lipinski definition) is 1. The number of aryl methyl sites for hydroxylation is 1. The van der Waals surface area contributed by atoms with E-state index in [1.807, 2.05) is 42.5 Å². The molecule has 3 rings (SSSR count). The summed E-state index contributed by atoms with van der Waals surface area (Å²) in [5.74, 6) is 0.890. The van der Waals surface area contributed by atoms with Gasteiger partial charge in [0, 0.05) is 24.3 Å². The van der Waals surface area contributed by atoms with Crippen molar-refractivity contribution in [3.63, 3.8) is 0 Å². The zero-order chi connectivity index (χ0) is 20.6. The highest BCUT2D eigenvalue weighted by atomic mass is 32.1. The van der Waals surface area contributed by atoms with Crippen molar-refractivity contribution in [2.45, 2.75) is 32.6 Å². The smallest absolute Gasteiger partial charge is 0.262 e. The minimum Gasteiger partial charge on any atom is -0.493 e. The van der Waals surface area contributed by atoms with Gasteiger partial charge in [-0.1, -0.05) is 37.3 Å². The number of benzene rings is 2. The molecular weight excluding hydrogens is 384 g/mol. The van der Waals surface area contributed by atoms with Crippen LogP contribution in [0.5, 0.6) is 11.5 Å². The molecule has 1 saturated heterocycles. The Balaban J connectivity index is 1.63. The van der Waals surface area contributed by atoms with E-state index in [1.165, 1.54) is 19.3 Å². The monoisotopic (exact) mass is 412 g/mol. The number of thiocarbonyl (C=S) groups is 1. The molecule has 29 heavy (non-hydrogen) atoms. The summed E-state index contributed by atoms with van der Waals surface area (Å²) in [5.41, 5.74) is 2.85. The van der Waals surface area contributed by atoms with Crippen molar-refractivity contribution in [2.75, 3.05) is 32.1 Å². The van der Waals surface area contributed by atoms with Gasteiger partial charge in [-0.25, -0.2) is 0 Å². The minimum absolute atomic E-state index is 0.0929. The van der Waals surface area contributed by atoms with E-state index in [0.29, 0.717) is 11.5 Å². The van der Waals surface area contributed by atoms with Crippen molar-refractivity contribution < 1.29 is 14.3 Å². The van der Waals surface area contributed by atoms with Crippen LogP contribution in [0.15, 0.2) is 42.5 Å². The number of carbonyl (C=O) groups excluding carboxylic acids is 1. The molecule has 0 aliphatic carbocycles. The zero-order valence-corrected chi connectivity index (χ0v) is 17.9. The van der Waals surface area contributed by atoms with Gasteiger partial charge in [-0.3, -0.25) is 4.79 Å². The molecule has 6 heteroatoms. The molecule has 0 bridgehead atoms. The predicted molar refractivity (Wildman–Crippen MR) is 120 cm³/mol. The van der Waals surface area contributed by atoms with Gasteiger partial charge in [0.15, 0.2) is 18.1 Å². The van der Waals surface area contributed by atoms with Gasteiger partial charge in [0.1, 0.15) is 4.99 Å². The van der Waals surface area contributed by atoms with Crippen molar-refractivity contribution >= 4 is 28.8 Å². The second kappa shape index (κ2) is 10.3. The Hall–Kier alpha value is -2.60. The van der Waals surface area contributed by atoms with Gasteiger partial charge < -0.3 is 19.7 Å². The van der Waals surface area contributed by atoms with Crippen LogP contribution in [0, 0.1) is 0 Å². The number of para-hydroxylation sites is 1.